The van der Waals surface area contributed by atoms with Gasteiger partial charge in [-0.1, -0.05) is 18.2 Å². The Morgan fingerprint density at radius 1 is 1.15 bits per heavy atom. The van der Waals surface area contributed by atoms with E-state index in [-0.39, 0.29) is 29.8 Å². The van der Waals surface area contributed by atoms with Crippen LogP contribution in [0.3, 0.4) is 0 Å². The van der Waals surface area contributed by atoms with Crippen molar-refractivity contribution in [2.75, 3.05) is 7.11 Å². The molecule has 170 valence electrons. The van der Waals surface area contributed by atoms with Crippen molar-refractivity contribution in [3.63, 3.8) is 0 Å². The lowest BCUT2D eigenvalue weighted by Crippen LogP contribution is -2.32. The van der Waals surface area contributed by atoms with E-state index in [1.807, 2.05) is 0 Å². The summed E-state index contributed by atoms with van der Waals surface area (Å²) in [6.07, 6.45) is -2.13. The molecule has 0 fully saturated rings. The van der Waals surface area contributed by atoms with E-state index in [1.54, 1.807) is 31.4 Å². The quantitative estimate of drug-likeness (QED) is 0.481. The molecule has 1 amide bonds. The molecule has 0 radical (unpaired) electrons. The van der Waals surface area contributed by atoms with Gasteiger partial charge in [0.05, 0.1) is 24.6 Å². The number of carbonyl (C=O) groups excluding carboxylic acids is 1. The molecule has 0 bridgehead atoms. The number of amides is 1. The summed E-state index contributed by atoms with van der Waals surface area (Å²) in [5.74, 6) is 0.293. The van der Waals surface area contributed by atoms with Gasteiger partial charge in [0.2, 0.25) is 5.91 Å². The maximum Gasteiger partial charge on any atom is 0.416 e. The molecule has 8 nitrogen and oxygen atoms in total. The third kappa shape index (κ3) is 4.71. The van der Waals surface area contributed by atoms with Crippen LogP contribution in [0.2, 0.25) is 0 Å². The Balaban J connectivity index is 1.52. The molecule has 2 aromatic heterocycles. The van der Waals surface area contributed by atoms with Crippen LogP contribution in [0.25, 0.3) is 16.7 Å². The van der Waals surface area contributed by atoms with E-state index in [9.17, 15) is 22.8 Å². The average molecular weight is 457 g/mol. The minimum Gasteiger partial charge on any atom is -0.497 e. The van der Waals surface area contributed by atoms with Gasteiger partial charge in [-0.2, -0.15) is 18.3 Å². The van der Waals surface area contributed by atoms with Crippen molar-refractivity contribution >= 4 is 16.9 Å². The third-order valence-electron chi connectivity index (χ3n) is 4.94. The Hall–Kier alpha value is -4.15. The predicted octanol–water partition coefficient (Wildman–Crippen LogP) is 2.93. The van der Waals surface area contributed by atoms with Gasteiger partial charge in [0, 0.05) is 6.54 Å². The summed E-state index contributed by atoms with van der Waals surface area (Å²) < 4.78 is 46.4. The fourth-order valence-corrected chi connectivity index (χ4v) is 3.22. The van der Waals surface area contributed by atoms with Crippen LogP contribution in [-0.2, 0) is 24.1 Å². The molecular weight excluding hydrogens is 439 g/mol. The summed E-state index contributed by atoms with van der Waals surface area (Å²) in [4.78, 5) is 29.2. The highest BCUT2D eigenvalue weighted by atomic mass is 19.4. The number of hydrogen-bond donors (Lipinski definition) is 1. The molecule has 0 saturated carbocycles. The number of nitrogens with zero attached hydrogens (tertiary/aromatic N) is 4. The molecule has 4 rings (SSSR count). The van der Waals surface area contributed by atoms with Crippen molar-refractivity contribution in [1.82, 2.24) is 24.6 Å². The van der Waals surface area contributed by atoms with E-state index in [1.165, 1.54) is 24.7 Å². The number of carbonyl (C=O) groups is 1. The number of alkyl halides is 3. The molecule has 11 heteroatoms. The molecule has 2 aromatic carbocycles. The molecule has 1 N–H and O–H groups in total. The number of aromatic nitrogens is 4. The number of methoxy groups -OCH3 is 1. The Bertz CT molecular complexity index is 1360. The number of rotatable bonds is 6. The number of benzene rings is 2. The summed E-state index contributed by atoms with van der Waals surface area (Å²) in [6.45, 7) is -0.00655. The molecule has 0 saturated heterocycles. The van der Waals surface area contributed by atoms with E-state index < -0.39 is 23.2 Å². The maximum atomic E-state index is 13.0. The Morgan fingerprint density at radius 3 is 2.61 bits per heavy atom. The van der Waals surface area contributed by atoms with Gasteiger partial charge in [0.1, 0.15) is 24.0 Å². The van der Waals surface area contributed by atoms with Crippen LogP contribution in [0.1, 0.15) is 11.1 Å². The van der Waals surface area contributed by atoms with E-state index in [2.05, 4.69) is 15.4 Å². The standard InChI is InChI=1S/C22H18F3N5O3/c1-33-17-7-5-14(6-8-17)10-26-19(31)12-29-13-27-20-18(21(29)32)11-28-30(20)16-4-2-3-15(9-16)22(23,24)25/h2-9,11,13H,10,12H2,1H3,(H,26,31). The lowest BCUT2D eigenvalue weighted by atomic mass is 10.2. The number of nitrogens with one attached hydrogen (secondary N) is 1. The SMILES string of the molecule is COc1ccc(CNC(=O)Cn2cnc3c(cnn3-c3cccc(C(F)(F)F)c3)c2=O)cc1. The van der Waals surface area contributed by atoms with Crippen molar-refractivity contribution in [2.45, 2.75) is 19.3 Å². The van der Waals surface area contributed by atoms with Crippen molar-refractivity contribution in [3.8, 4) is 11.4 Å². The molecule has 0 spiro atoms. The maximum absolute atomic E-state index is 13.0. The predicted molar refractivity (Wildman–Crippen MR) is 113 cm³/mol. The summed E-state index contributed by atoms with van der Waals surface area (Å²) in [7, 11) is 1.56. The number of fused-ring (bicyclic) bond motifs is 1. The largest absolute Gasteiger partial charge is 0.497 e. The molecule has 0 unspecified atom stereocenters. The first-order chi connectivity index (χ1) is 15.8. The van der Waals surface area contributed by atoms with Gasteiger partial charge in [0.15, 0.2) is 5.65 Å². The van der Waals surface area contributed by atoms with Crippen LogP contribution in [0.4, 0.5) is 13.2 Å². The minimum absolute atomic E-state index is 0.0814. The zero-order valence-electron chi connectivity index (χ0n) is 17.3. The number of ether oxygens (including phenoxy) is 1. The first-order valence-corrected chi connectivity index (χ1v) is 9.76. The molecule has 0 aliphatic heterocycles. The van der Waals surface area contributed by atoms with Crippen LogP contribution in [0.5, 0.6) is 5.75 Å². The Kier molecular flexibility index (Phi) is 5.86. The third-order valence-corrected chi connectivity index (χ3v) is 4.94. The number of hydrogen-bond acceptors (Lipinski definition) is 5. The zero-order chi connectivity index (χ0) is 23.6. The normalized spacial score (nSPS) is 11.5. The minimum atomic E-state index is -4.52. The highest BCUT2D eigenvalue weighted by Crippen LogP contribution is 2.30. The van der Waals surface area contributed by atoms with Crippen molar-refractivity contribution < 1.29 is 22.7 Å². The van der Waals surface area contributed by atoms with Crippen LogP contribution in [-0.4, -0.2) is 32.3 Å². The van der Waals surface area contributed by atoms with Crippen molar-refractivity contribution in [2.24, 2.45) is 0 Å². The highest BCUT2D eigenvalue weighted by molar-refractivity contribution is 5.77. The molecule has 0 aliphatic carbocycles. The van der Waals surface area contributed by atoms with Gasteiger partial charge in [-0.05, 0) is 35.9 Å². The first kappa shape index (κ1) is 22.1. The van der Waals surface area contributed by atoms with E-state index >= 15 is 0 Å². The monoisotopic (exact) mass is 457 g/mol. The van der Waals surface area contributed by atoms with Crippen LogP contribution in [0, 0.1) is 0 Å². The van der Waals surface area contributed by atoms with Crippen molar-refractivity contribution in [1.29, 1.82) is 0 Å². The van der Waals surface area contributed by atoms with E-state index in [4.69, 9.17) is 4.74 Å². The van der Waals surface area contributed by atoms with Crippen LogP contribution >= 0.6 is 0 Å². The Morgan fingerprint density at radius 2 is 1.91 bits per heavy atom. The molecule has 33 heavy (non-hydrogen) atoms. The molecular formula is C22H18F3N5O3. The highest BCUT2D eigenvalue weighted by Gasteiger charge is 2.30. The van der Waals surface area contributed by atoms with Gasteiger partial charge in [-0.15, -0.1) is 0 Å². The molecule has 2 heterocycles. The smallest absolute Gasteiger partial charge is 0.416 e. The van der Waals surface area contributed by atoms with Gasteiger partial charge in [-0.25, -0.2) is 9.67 Å². The van der Waals surface area contributed by atoms with Crippen LogP contribution in [0.15, 0.2) is 65.8 Å². The molecule has 4 aromatic rings. The second kappa shape index (κ2) is 8.77. The second-order valence-electron chi connectivity index (χ2n) is 7.14. The van der Waals surface area contributed by atoms with E-state index in [0.29, 0.717) is 5.75 Å². The van der Waals surface area contributed by atoms with E-state index in [0.717, 1.165) is 26.9 Å². The first-order valence-electron chi connectivity index (χ1n) is 9.76. The molecule has 0 aliphatic rings. The summed E-state index contributed by atoms with van der Waals surface area (Å²) in [6, 6.07) is 11.7. The van der Waals surface area contributed by atoms with Gasteiger partial charge < -0.3 is 10.1 Å². The topological polar surface area (TPSA) is 91.0 Å². The second-order valence-corrected chi connectivity index (χ2v) is 7.14. The van der Waals surface area contributed by atoms with Crippen LogP contribution < -0.4 is 15.6 Å². The lowest BCUT2D eigenvalue weighted by molar-refractivity contribution is -0.137. The average Bonchev–Trinajstić information content (AvgIpc) is 3.24. The van der Waals surface area contributed by atoms with Gasteiger partial charge >= 0.3 is 6.18 Å². The molecule has 0 atom stereocenters. The lowest BCUT2D eigenvalue weighted by Gasteiger charge is -2.10. The van der Waals surface area contributed by atoms with Gasteiger partial charge in [-0.3, -0.25) is 14.2 Å². The number of halogens is 3. The fraction of sp³-hybridized carbons (Fsp3) is 0.182. The summed E-state index contributed by atoms with van der Waals surface area (Å²) >= 11 is 0. The Labute approximate surface area is 185 Å². The zero-order valence-corrected chi connectivity index (χ0v) is 17.3. The summed E-state index contributed by atoms with van der Waals surface area (Å²) in [5.41, 5.74) is -0.313. The fourth-order valence-electron chi connectivity index (χ4n) is 3.22. The van der Waals surface area contributed by atoms with Crippen molar-refractivity contribution in [3.05, 3.63) is 82.5 Å². The van der Waals surface area contributed by atoms with Gasteiger partial charge in [0.25, 0.3) is 5.56 Å². The summed E-state index contributed by atoms with van der Waals surface area (Å²) in [5, 5.41) is 6.82.